The van der Waals surface area contributed by atoms with Gasteiger partial charge in [-0.2, -0.15) is 0 Å². The molecule has 23 heavy (non-hydrogen) atoms. The van der Waals surface area contributed by atoms with Gasteiger partial charge in [-0.05, 0) is 36.9 Å². The van der Waals surface area contributed by atoms with Gasteiger partial charge in [0, 0.05) is 37.2 Å². The molecule has 0 aliphatic carbocycles. The minimum Gasteiger partial charge on any atom is -0.490 e. The average molecular weight is 329 g/mol. The number of thiophene rings is 1. The smallest absolute Gasteiger partial charge is 0.222 e. The van der Waals surface area contributed by atoms with Crippen molar-refractivity contribution in [3.8, 4) is 5.75 Å². The highest BCUT2D eigenvalue weighted by atomic mass is 32.1. The number of nitrogens with zero attached hydrogens (tertiary/aromatic N) is 1. The second kappa shape index (κ2) is 7.64. The van der Waals surface area contributed by atoms with Crippen LogP contribution in [0.2, 0.25) is 0 Å². The lowest BCUT2D eigenvalue weighted by molar-refractivity contribution is -0.132. The molecule has 1 saturated heterocycles. The number of hydrogen-bond acceptors (Lipinski definition) is 3. The highest BCUT2D eigenvalue weighted by Crippen LogP contribution is 2.20. The molecule has 1 aromatic heterocycles. The van der Waals surface area contributed by atoms with E-state index in [4.69, 9.17) is 4.74 Å². The van der Waals surface area contributed by atoms with Crippen LogP contribution in [0.4, 0.5) is 0 Å². The number of likely N-dealkylation sites (tertiary alicyclic amines) is 1. The van der Waals surface area contributed by atoms with Crippen LogP contribution in [-0.4, -0.2) is 30.0 Å². The van der Waals surface area contributed by atoms with E-state index in [1.165, 1.54) is 10.4 Å². The first kappa shape index (κ1) is 16.1. The number of hydrogen-bond donors (Lipinski definition) is 0. The number of ether oxygens (including phenoxy) is 1. The van der Waals surface area contributed by atoms with E-state index in [2.05, 4.69) is 30.5 Å². The lowest BCUT2D eigenvalue weighted by Crippen LogP contribution is -2.41. The summed E-state index contributed by atoms with van der Waals surface area (Å²) in [5.41, 5.74) is 1.24. The average Bonchev–Trinajstić information content (AvgIpc) is 3.09. The Morgan fingerprint density at radius 1 is 1.22 bits per heavy atom. The lowest BCUT2D eigenvalue weighted by atomic mass is 10.1. The van der Waals surface area contributed by atoms with E-state index in [1.807, 2.05) is 23.1 Å². The van der Waals surface area contributed by atoms with E-state index in [1.54, 1.807) is 11.3 Å². The molecule has 0 saturated carbocycles. The number of benzene rings is 1. The van der Waals surface area contributed by atoms with E-state index in [-0.39, 0.29) is 12.0 Å². The van der Waals surface area contributed by atoms with Gasteiger partial charge >= 0.3 is 0 Å². The molecule has 3 nitrogen and oxygen atoms in total. The van der Waals surface area contributed by atoms with Crippen LogP contribution < -0.4 is 4.74 Å². The molecule has 2 heterocycles. The molecule has 0 N–H and O–H groups in total. The molecule has 1 amide bonds. The van der Waals surface area contributed by atoms with E-state index < -0.39 is 0 Å². The van der Waals surface area contributed by atoms with Crippen LogP contribution in [0.25, 0.3) is 0 Å². The van der Waals surface area contributed by atoms with Gasteiger partial charge in [0.1, 0.15) is 11.9 Å². The fraction of sp³-hybridized carbons (Fsp3) is 0.421. The predicted molar refractivity (Wildman–Crippen MR) is 94.0 cm³/mol. The summed E-state index contributed by atoms with van der Waals surface area (Å²) in [6, 6.07) is 12.3. The number of amides is 1. The zero-order valence-electron chi connectivity index (χ0n) is 13.5. The van der Waals surface area contributed by atoms with Crippen molar-refractivity contribution in [2.75, 3.05) is 13.1 Å². The van der Waals surface area contributed by atoms with Crippen molar-refractivity contribution in [2.24, 2.45) is 0 Å². The summed E-state index contributed by atoms with van der Waals surface area (Å²) in [6.45, 7) is 3.68. The summed E-state index contributed by atoms with van der Waals surface area (Å²) in [7, 11) is 0. The van der Waals surface area contributed by atoms with Gasteiger partial charge in [0.2, 0.25) is 5.91 Å². The fourth-order valence-electron chi connectivity index (χ4n) is 2.88. The third-order valence-corrected chi connectivity index (χ3v) is 5.22. The fourth-order valence-corrected chi connectivity index (χ4v) is 3.58. The maximum Gasteiger partial charge on any atom is 0.222 e. The molecule has 3 rings (SSSR count). The second-order valence-corrected chi connectivity index (χ2v) is 7.12. The summed E-state index contributed by atoms with van der Waals surface area (Å²) in [5.74, 6) is 1.20. The van der Waals surface area contributed by atoms with Crippen molar-refractivity contribution in [2.45, 2.75) is 38.7 Å². The Kier molecular flexibility index (Phi) is 5.34. The van der Waals surface area contributed by atoms with Gasteiger partial charge in [-0.25, -0.2) is 0 Å². The SMILES string of the molecule is Cc1ccc(OC2CCN(C(=O)CCc3cccs3)CC2)cc1. The first-order chi connectivity index (χ1) is 11.2. The molecule has 0 bridgehead atoms. The zero-order chi connectivity index (χ0) is 16.1. The standard InChI is InChI=1S/C19H23NO2S/c1-15-4-6-16(7-5-15)22-17-10-12-20(13-11-17)19(21)9-8-18-3-2-14-23-18/h2-7,14,17H,8-13H2,1H3. The minimum absolute atomic E-state index is 0.221. The molecule has 1 aliphatic rings. The molecule has 1 aromatic carbocycles. The molecular formula is C19H23NO2S. The molecule has 0 unspecified atom stereocenters. The van der Waals surface area contributed by atoms with E-state index >= 15 is 0 Å². The Morgan fingerprint density at radius 3 is 2.61 bits per heavy atom. The first-order valence-corrected chi connectivity index (χ1v) is 9.12. The van der Waals surface area contributed by atoms with Gasteiger partial charge < -0.3 is 9.64 Å². The number of carbonyl (C=O) groups is 1. The van der Waals surface area contributed by atoms with E-state index in [0.717, 1.165) is 38.1 Å². The maximum atomic E-state index is 12.3. The van der Waals surface area contributed by atoms with Gasteiger partial charge in [-0.1, -0.05) is 23.8 Å². The van der Waals surface area contributed by atoms with Gasteiger partial charge in [-0.3, -0.25) is 4.79 Å². The normalized spacial score (nSPS) is 15.6. The van der Waals surface area contributed by atoms with Crippen LogP contribution in [0, 0.1) is 6.92 Å². The van der Waals surface area contributed by atoms with E-state index in [0.29, 0.717) is 6.42 Å². The number of carbonyl (C=O) groups excluding carboxylic acids is 1. The predicted octanol–water partition coefficient (Wildman–Crippen LogP) is 4.06. The molecule has 0 spiro atoms. The van der Waals surface area contributed by atoms with Gasteiger partial charge in [0.05, 0.1) is 0 Å². The first-order valence-electron chi connectivity index (χ1n) is 8.24. The Hall–Kier alpha value is -1.81. The van der Waals surface area contributed by atoms with Crippen LogP contribution in [0.1, 0.15) is 29.7 Å². The van der Waals surface area contributed by atoms with Crippen LogP contribution in [0.5, 0.6) is 5.75 Å². The summed E-state index contributed by atoms with van der Waals surface area (Å²) < 4.78 is 6.02. The monoisotopic (exact) mass is 329 g/mol. The van der Waals surface area contributed by atoms with Crippen molar-refractivity contribution in [1.82, 2.24) is 4.90 Å². The highest BCUT2D eigenvalue weighted by Gasteiger charge is 2.23. The lowest BCUT2D eigenvalue weighted by Gasteiger charge is -2.32. The van der Waals surface area contributed by atoms with Crippen LogP contribution in [0.3, 0.4) is 0 Å². The van der Waals surface area contributed by atoms with Gasteiger partial charge in [0.25, 0.3) is 0 Å². The van der Waals surface area contributed by atoms with Crippen LogP contribution in [-0.2, 0) is 11.2 Å². The molecule has 4 heteroatoms. The number of piperidine rings is 1. The zero-order valence-corrected chi connectivity index (χ0v) is 14.3. The third kappa shape index (κ3) is 4.58. The van der Waals surface area contributed by atoms with Crippen LogP contribution >= 0.6 is 11.3 Å². The summed E-state index contributed by atoms with van der Waals surface area (Å²) in [5, 5.41) is 2.06. The summed E-state index contributed by atoms with van der Waals surface area (Å²) >= 11 is 1.72. The molecule has 0 radical (unpaired) electrons. The summed E-state index contributed by atoms with van der Waals surface area (Å²) in [4.78, 5) is 15.6. The highest BCUT2D eigenvalue weighted by molar-refractivity contribution is 7.09. The molecule has 2 aromatic rings. The van der Waals surface area contributed by atoms with Gasteiger partial charge in [-0.15, -0.1) is 11.3 Å². The topological polar surface area (TPSA) is 29.5 Å². The van der Waals surface area contributed by atoms with Crippen molar-refractivity contribution >= 4 is 17.2 Å². The summed E-state index contributed by atoms with van der Waals surface area (Å²) in [6.07, 6.45) is 3.52. The third-order valence-electron chi connectivity index (χ3n) is 4.28. The Morgan fingerprint density at radius 2 is 1.96 bits per heavy atom. The molecular weight excluding hydrogens is 306 g/mol. The Labute approximate surface area is 141 Å². The largest absolute Gasteiger partial charge is 0.490 e. The minimum atomic E-state index is 0.221. The quantitative estimate of drug-likeness (QED) is 0.828. The van der Waals surface area contributed by atoms with Crippen molar-refractivity contribution in [3.05, 3.63) is 52.2 Å². The molecule has 0 atom stereocenters. The van der Waals surface area contributed by atoms with E-state index in [9.17, 15) is 4.79 Å². The van der Waals surface area contributed by atoms with Gasteiger partial charge in [0.15, 0.2) is 0 Å². The maximum absolute atomic E-state index is 12.3. The van der Waals surface area contributed by atoms with Crippen molar-refractivity contribution in [3.63, 3.8) is 0 Å². The van der Waals surface area contributed by atoms with Crippen LogP contribution in [0.15, 0.2) is 41.8 Å². The number of rotatable bonds is 5. The molecule has 1 aliphatic heterocycles. The Balaban J connectivity index is 1.42. The van der Waals surface area contributed by atoms with Crippen molar-refractivity contribution < 1.29 is 9.53 Å². The second-order valence-electron chi connectivity index (χ2n) is 6.09. The molecule has 122 valence electrons. The van der Waals surface area contributed by atoms with Crippen molar-refractivity contribution in [1.29, 1.82) is 0 Å². The molecule has 1 fully saturated rings. The Bertz CT molecular complexity index is 613. The number of aryl methyl sites for hydroxylation is 2.